The lowest BCUT2D eigenvalue weighted by Gasteiger charge is -2.66. The van der Waals surface area contributed by atoms with Crippen LogP contribution in [-0.2, 0) is 23.7 Å². The second kappa shape index (κ2) is 16.4. The number of methoxy groups -OCH3 is 1. The van der Waals surface area contributed by atoms with Crippen LogP contribution in [0.25, 0.3) is 0 Å². The summed E-state index contributed by atoms with van der Waals surface area (Å²) in [5.41, 5.74) is -2.23. The van der Waals surface area contributed by atoms with Gasteiger partial charge in [0.2, 0.25) is 0 Å². The molecule has 6 rings (SSSR count). The van der Waals surface area contributed by atoms with Gasteiger partial charge >= 0.3 is 0 Å². The lowest BCUT2D eigenvalue weighted by atomic mass is 9.41. The lowest BCUT2D eigenvalue weighted by Crippen LogP contribution is -2.70. The van der Waals surface area contributed by atoms with Gasteiger partial charge in [-0.15, -0.1) is 0 Å². The zero-order valence-electron chi connectivity index (χ0n) is 32.8. The summed E-state index contributed by atoms with van der Waals surface area (Å²) in [6.07, 6.45) is -4.90. The predicted octanol–water partition coefficient (Wildman–Crippen LogP) is 0.461. The minimum Gasteiger partial charge on any atom is -0.393 e. The van der Waals surface area contributed by atoms with Gasteiger partial charge in [-0.05, 0) is 78.9 Å². The maximum atomic E-state index is 12.6. The van der Waals surface area contributed by atoms with Gasteiger partial charge in [0.15, 0.2) is 12.6 Å². The van der Waals surface area contributed by atoms with E-state index in [2.05, 4.69) is 39.8 Å². The number of aliphatic hydroxyl groups is 9. The molecule has 312 valence electrons. The Morgan fingerprint density at radius 1 is 0.741 bits per heavy atom. The molecule has 21 atom stereocenters. The van der Waals surface area contributed by atoms with E-state index in [9.17, 15) is 46.0 Å². The maximum Gasteiger partial charge on any atom is 0.187 e. The summed E-state index contributed by atoms with van der Waals surface area (Å²) < 4.78 is 28.7. The molecular formula is C40H68O14. The van der Waals surface area contributed by atoms with Crippen molar-refractivity contribution in [3.8, 4) is 0 Å². The Balaban J connectivity index is 1.10. The van der Waals surface area contributed by atoms with Crippen molar-refractivity contribution < 1.29 is 69.6 Å². The van der Waals surface area contributed by atoms with Gasteiger partial charge in [-0.25, -0.2) is 0 Å². The van der Waals surface area contributed by atoms with Crippen molar-refractivity contribution in [1.29, 1.82) is 0 Å². The summed E-state index contributed by atoms with van der Waals surface area (Å²) >= 11 is 0. The van der Waals surface area contributed by atoms with Crippen molar-refractivity contribution >= 4 is 0 Å². The largest absolute Gasteiger partial charge is 0.393 e. The standard InChI is InChI=1S/C40H68O14/c1-19(2)21(11-14-51-36-34(32(48)27(45)17-52-36)54-37-33(50-6)31(47)26(44)18-53-37)8-7-20(3)22-15-24(42)35-38(22,4)13-10-28-39(5)12-9-23(41)30(46)29(39)25(43)16-40(28,35)49/h7-8,19-37,41-49H,9-18H2,1-6H3/b8-7+/t20-,21-,22-,23+,24-,25+,26-,27-,28?,29?,30+,31+,32+,33-,34-,35?,36-,37+,38-,39-,40+/m1/s1. The van der Waals surface area contributed by atoms with E-state index in [4.69, 9.17) is 23.7 Å². The topological polar surface area (TPSA) is 228 Å². The van der Waals surface area contributed by atoms with Crippen LogP contribution in [-0.4, -0.2) is 152 Å². The lowest BCUT2D eigenvalue weighted by molar-refractivity contribution is -0.345. The number of aliphatic hydroxyl groups excluding tert-OH is 8. The van der Waals surface area contributed by atoms with E-state index in [1.54, 1.807) is 0 Å². The van der Waals surface area contributed by atoms with E-state index in [1.807, 2.05) is 6.92 Å². The number of fused-ring (bicyclic) bond motifs is 5. The first-order chi connectivity index (χ1) is 25.4. The normalized spacial score (nSPS) is 52.1. The van der Waals surface area contributed by atoms with Crippen LogP contribution in [0.1, 0.15) is 79.6 Å². The Bertz CT molecular complexity index is 1290. The monoisotopic (exact) mass is 772 g/mol. The highest BCUT2D eigenvalue weighted by atomic mass is 16.8. The van der Waals surface area contributed by atoms with Crippen molar-refractivity contribution in [3.63, 3.8) is 0 Å². The van der Waals surface area contributed by atoms with Crippen LogP contribution >= 0.6 is 0 Å². The maximum absolute atomic E-state index is 12.6. The molecule has 3 unspecified atom stereocenters. The van der Waals surface area contributed by atoms with Gasteiger partial charge < -0.3 is 69.6 Å². The molecule has 9 N–H and O–H groups in total. The Morgan fingerprint density at radius 2 is 1.37 bits per heavy atom. The van der Waals surface area contributed by atoms with Crippen molar-refractivity contribution in [2.24, 2.45) is 52.3 Å². The molecule has 6 aliphatic rings. The molecule has 0 amide bonds. The molecule has 14 heteroatoms. The van der Waals surface area contributed by atoms with Crippen LogP contribution in [0.15, 0.2) is 12.2 Å². The molecule has 0 bridgehead atoms. The third-order valence-corrected chi connectivity index (χ3v) is 15.1. The first-order valence-corrected chi connectivity index (χ1v) is 20.3. The van der Waals surface area contributed by atoms with E-state index in [0.717, 1.165) is 12.8 Å². The summed E-state index contributed by atoms with van der Waals surface area (Å²) in [4.78, 5) is 0. The molecular weight excluding hydrogens is 704 g/mol. The number of hydrogen-bond donors (Lipinski definition) is 9. The first kappa shape index (κ1) is 42.8. The Morgan fingerprint density at radius 3 is 2.02 bits per heavy atom. The third kappa shape index (κ3) is 7.49. The molecule has 4 aliphatic carbocycles. The molecule has 6 fully saturated rings. The fourth-order valence-corrected chi connectivity index (χ4v) is 12.2. The highest BCUT2D eigenvalue weighted by Gasteiger charge is 2.71. The molecule has 0 aromatic heterocycles. The quantitative estimate of drug-likeness (QED) is 0.130. The third-order valence-electron chi connectivity index (χ3n) is 15.1. The van der Waals surface area contributed by atoms with E-state index in [1.165, 1.54) is 7.11 Å². The summed E-state index contributed by atoms with van der Waals surface area (Å²) in [6.45, 7) is 10.5. The second-order valence-corrected chi connectivity index (χ2v) is 18.5. The summed E-state index contributed by atoms with van der Waals surface area (Å²) in [5.74, 6) is -0.636. The number of allylic oxidation sites excluding steroid dienone is 2. The molecule has 54 heavy (non-hydrogen) atoms. The van der Waals surface area contributed by atoms with Crippen LogP contribution < -0.4 is 0 Å². The Labute approximate surface area is 319 Å². The van der Waals surface area contributed by atoms with Crippen molar-refractivity contribution in [2.45, 2.75) is 159 Å². The van der Waals surface area contributed by atoms with Gasteiger partial charge in [-0.2, -0.15) is 0 Å². The molecule has 2 heterocycles. The molecule has 0 radical (unpaired) electrons. The summed E-state index contributed by atoms with van der Waals surface area (Å²) in [6, 6.07) is 0. The van der Waals surface area contributed by atoms with Gasteiger partial charge in [0.25, 0.3) is 0 Å². The van der Waals surface area contributed by atoms with E-state index in [-0.39, 0.29) is 61.2 Å². The number of ether oxygens (including phenoxy) is 5. The van der Waals surface area contributed by atoms with Crippen LogP contribution in [0.2, 0.25) is 0 Å². The predicted molar refractivity (Wildman–Crippen MR) is 193 cm³/mol. The van der Waals surface area contributed by atoms with E-state index < -0.39 is 96.5 Å². The average Bonchev–Trinajstić information content (AvgIpc) is 3.39. The minimum atomic E-state index is -1.36. The Hall–Kier alpha value is -0.820. The Kier molecular flexibility index (Phi) is 13.0. The van der Waals surface area contributed by atoms with E-state index in [0.29, 0.717) is 25.7 Å². The van der Waals surface area contributed by atoms with Gasteiger partial charge in [-0.1, -0.05) is 46.8 Å². The molecule has 2 saturated heterocycles. The van der Waals surface area contributed by atoms with Crippen LogP contribution in [0.4, 0.5) is 0 Å². The van der Waals surface area contributed by atoms with Crippen LogP contribution in [0, 0.1) is 52.3 Å². The highest BCUT2D eigenvalue weighted by Crippen LogP contribution is 2.69. The fraction of sp³-hybridized carbons (Fsp3) is 0.950. The smallest absolute Gasteiger partial charge is 0.187 e. The SMILES string of the molecule is CO[C@H]1[C@H](O[C@H]2[C@H](OCC[C@@H](/C=C/[C@@H](C)[C@H]3C[C@@H](O)C4[C@]5(O)C[C@H](O)C6[C@@H](O)[C@@H](O)CC[C@]6(C)C5CC[C@@]43C)C(C)C)OC[C@@H](O)[C@@H]2O)OC[C@@H](O)[C@@H]1O. The van der Waals surface area contributed by atoms with Gasteiger partial charge in [0.1, 0.15) is 36.6 Å². The van der Waals surface area contributed by atoms with Crippen LogP contribution in [0.5, 0.6) is 0 Å². The van der Waals surface area contributed by atoms with Crippen LogP contribution in [0.3, 0.4) is 0 Å². The summed E-state index contributed by atoms with van der Waals surface area (Å²) in [5, 5.41) is 98.8. The molecule has 0 spiro atoms. The summed E-state index contributed by atoms with van der Waals surface area (Å²) in [7, 11) is 1.34. The molecule has 0 aromatic carbocycles. The minimum absolute atomic E-state index is 0.0731. The molecule has 14 nitrogen and oxygen atoms in total. The average molecular weight is 773 g/mol. The fourth-order valence-electron chi connectivity index (χ4n) is 12.2. The van der Waals surface area contributed by atoms with Gasteiger partial charge in [0.05, 0.1) is 49.8 Å². The van der Waals surface area contributed by atoms with E-state index >= 15 is 0 Å². The number of hydrogen-bond acceptors (Lipinski definition) is 14. The highest BCUT2D eigenvalue weighted by molar-refractivity contribution is 5.21. The zero-order valence-corrected chi connectivity index (χ0v) is 32.8. The molecule has 2 aliphatic heterocycles. The second-order valence-electron chi connectivity index (χ2n) is 18.5. The molecule has 0 aromatic rings. The van der Waals surface area contributed by atoms with Crippen molar-refractivity contribution in [1.82, 2.24) is 0 Å². The van der Waals surface area contributed by atoms with Gasteiger partial charge in [0, 0.05) is 25.4 Å². The van der Waals surface area contributed by atoms with Gasteiger partial charge in [-0.3, -0.25) is 0 Å². The van der Waals surface area contributed by atoms with Crippen molar-refractivity contribution in [2.75, 3.05) is 26.9 Å². The number of rotatable bonds is 11. The first-order valence-electron chi connectivity index (χ1n) is 20.3. The molecule has 4 saturated carbocycles. The zero-order chi connectivity index (χ0) is 39.5. The van der Waals surface area contributed by atoms with Crippen molar-refractivity contribution in [3.05, 3.63) is 12.2 Å².